The summed E-state index contributed by atoms with van der Waals surface area (Å²) in [5.41, 5.74) is 0.985. The molecule has 0 spiro atoms. The lowest BCUT2D eigenvalue weighted by atomic mass is 10.1. The summed E-state index contributed by atoms with van der Waals surface area (Å²) in [7, 11) is 0. The van der Waals surface area contributed by atoms with E-state index in [0.717, 1.165) is 10.2 Å². The van der Waals surface area contributed by atoms with Crippen LogP contribution in [-0.4, -0.2) is 16.1 Å². The number of rotatable bonds is 3. The van der Waals surface area contributed by atoms with Crippen LogP contribution in [0.2, 0.25) is 0 Å². The highest BCUT2D eigenvalue weighted by Gasteiger charge is 1.99. The van der Waals surface area contributed by atoms with Crippen LogP contribution in [0.4, 0.5) is 0 Å². The van der Waals surface area contributed by atoms with E-state index in [4.69, 9.17) is 5.11 Å². The second kappa shape index (κ2) is 4.21. The zero-order chi connectivity index (χ0) is 8.97. The highest BCUT2D eigenvalue weighted by Crippen LogP contribution is 2.09. The predicted octanol–water partition coefficient (Wildman–Crippen LogP) is 1.86. The highest BCUT2D eigenvalue weighted by molar-refractivity contribution is 9.10. The number of nitrogens with zero attached hydrogens (tertiary/aromatic N) is 1. The molecule has 0 aliphatic rings. The molecule has 0 saturated carbocycles. The number of carboxylic acids is 1. The first kappa shape index (κ1) is 9.19. The van der Waals surface area contributed by atoms with Crippen LogP contribution >= 0.6 is 15.9 Å². The number of aliphatic carboxylic acids is 1. The fourth-order valence-corrected chi connectivity index (χ4v) is 1.26. The van der Waals surface area contributed by atoms with Crippen molar-refractivity contribution in [3.63, 3.8) is 0 Å². The lowest BCUT2D eigenvalue weighted by Gasteiger charge is -1.97. The third-order valence-electron chi connectivity index (χ3n) is 1.42. The molecule has 0 aromatic carbocycles. The minimum atomic E-state index is -0.775. The van der Waals surface area contributed by atoms with E-state index in [1.54, 1.807) is 6.20 Å². The van der Waals surface area contributed by atoms with Gasteiger partial charge in [0.05, 0.1) is 0 Å². The minimum absolute atomic E-state index is 0.163. The standard InChI is InChI=1S/C8H8BrNO2/c9-7-5-6(3-4-10-7)1-2-8(11)12/h3-5H,1-2H2,(H,11,12). The third-order valence-corrected chi connectivity index (χ3v) is 1.85. The largest absolute Gasteiger partial charge is 0.481 e. The van der Waals surface area contributed by atoms with Crippen molar-refractivity contribution in [2.75, 3.05) is 0 Å². The molecule has 1 heterocycles. The Morgan fingerprint density at radius 2 is 2.42 bits per heavy atom. The first-order valence-electron chi connectivity index (χ1n) is 3.50. The summed E-state index contributed by atoms with van der Waals surface area (Å²) in [6.07, 6.45) is 2.37. The summed E-state index contributed by atoms with van der Waals surface area (Å²) in [4.78, 5) is 14.2. The molecule has 0 saturated heterocycles. The van der Waals surface area contributed by atoms with Crippen molar-refractivity contribution in [1.82, 2.24) is 4.98 Å². The summed E-state index contributed by atoms with van der Waals surface area (Å²) in [6.45, 7) is 0. The van der Waals surface area contributed by atoms with Gasteiger partial charge in [0.1, 0.15) is 4.60 Å². The van der Waals surface area contributed by atoms with Gasteiger partial charge in [-0.1, -0.05) is 0 Å². The molecule has 64 valence electrons. The van der Waals surface area contributed by atoms with Crippen molar-refractivity contribution in [1.29, 1.82) is 0 Å². The van der Waals surface area contributed by atoms with E-state index in [9.17, 15) is 4.79 Å². The van der Waals surface area contributed by atoms with Crippen molar-refractivity contribution in [2.24, 2.45) is 0 Å². The van der Waals surface area contributed by atoms with E-state index in [2.05, 4.69) is 20.9 Å². The molecule has 1 N–H and O–H groups in total. The van der Waals surface area contributed by atoms with Gasteiger partial charge in [-0.25, -0.2) is 4.98 Å². The maximum Gasteiger partial charge on any atom is 0.303 e. The summed E-state index contributed by atoms with van der Waals surface area (Å²) in [5.74, 6) is -0.775. The molecule has 0 unspecified atom stereocenters. The van der Waals surface area contributed by atoms with Crippen molar-refractivity contribution < 1.29 is 9.90 Å². The molecular weight excluding hydrogens is 222 g/mol. The number of hydrogen-bond acceptors (Lipinski definition) is 2. The van der Waals surface area contributed by atoms with Gasteiger partial charge in [0, 0.05) is 12.6 Å². The van der Waals surface area contributed by atoms with Crippen molar-refractivity contribution >= 4 is 21.9 Å². The first-order valence-corrected chi connectivity index (χ1v) is 4.30. The van der Waals surface area contributed by atoms with E-state index in [0.29, 0.717) is 6.42 Å². The van der Waals surface area contributed by atoms with Crippen LogP contribution in [0.1, 0.15) is 12.0 Å². The van der Waals surface area contributed by atoms with Gasteiger partial charge in [0.15, 0.2) is 0 Å². The Balaban J connectivity index is 2.57. The first-order chi connectivity index (χ1) is 5.68. The number of hydrogen-bond donors (Lipinski definition) is 1. The number of halogens is 1. The van der Waals surface area contributed by atoms with Gasteiger partial charge in [-0.2, -0.15) is 0 Å². The topological polar surface area (TPSA) is 50.2 Å². The fraction of sp³-hybridized carbons (Fsp3) is 0.250. The quantitative estimate of drug-likeness (QED) is 0.806. The molecule has 0 aliphatic carbocycles. The molecule has 0 aliphatic heterocycles. The summed E-state index contributed by atoms with van der Waals surface area (Å²) in [6, 6.07) is 3.64. The zero-order valence-electron chi connectivity index (χ0n) is 6.33. The Hall–Kier alpha value is -0.900. The minimum Gasteiger partial charge on any atom is -0.481 e. The Bertz CT molecular complexity index is 288. The van der Waals surface area contributed by atoms with Gasteiger partial charge in [0.25, 0.3) is 0 Å². The normalized spacial score (nSPS) is 9.75. The Kier molecular flexibility index (Phi) is 3.22. The van der Waals surface area contributed by atoms with Crippen LogP contribution in [0.5, 0.6) is 0 Å². The van der Waals surface area contributed by atoms with Crippen LogP contribution in [0.3, 0.4) is 0 Å². The number of aryl methyl sites for hydroxylation is 1. The molecule has 4 heteroatoms. The van der Waals surface area contributed by atoms with Gasteiger partial charge in [-0.15, -0.1) is 0 Å². The van der Waals surface area contributed by atoms with Gasteiger partial charge in [-0.05, 0) is 40.0 Å². The number of pyridine rings is 1. The average Bonchev–Trinajstić information content (AvgIpc) is 2.01. The maximum absolute atomic E-state index is 10.2. The summed E-state index contributed by atoms with van der Waals surface area (Å²) < 4.78 is 0.741. The van der Waals surface area contributed by atoms with E-state index < -0.39 is 5.97 Å². The van der Waals surface area contributed by atoms with E-state index in [1.165, 1.54) is 0 Å². The molecule has 0 amide bonds. The van der Waals surface area contributed by atoms with Crippen LogP contribution in [0.25, 0.3) is 0 Å². The molecule has 3 nitrogen and oxygen atoms in total. The van der Waals surface area contributed by atoms with Gasteiger partial charge in [0.2, 0.25) is 0 Å². The molecule has 1 rings (SSSR count). The lowest BCUT2D eigenvalue weighted by molar-refractivity contribution is -0.136. The monoisotopic (exact) mass is 229 g/mol. The van der Waals surface area contributed by atoms with Gasteiger partial charge >= 0.3 is 5.97 Å². The number of carbonyl (C=O) groups is 1. The molecule has 0 radical (unpaired) electrons. The van der Waals surface area contributed by atoms with E-state index in [1.807, 2.05) is 12.1 Å². The smallest absolute Gasteiger partial charge is 0.303 e. The van der Waals surface area contributed by atoms with Crippen molar-refractivity contribution in [3.8, 4) is 0 Å². The number of aromatic nitrogens is 1. The Morgan fingerprint density at radius 3 is 3.00 bits per heavy atom. The van der Waals surface area contributed by atoms with Crippen molar-refractivity contribution in [3.05, 3.63) is 28.5 Å². The molecule has 12 heavy (non-hydrogen) atoms. The molecule has 1 aromatic heterocycles. The maximum atomic E-state index is 10.2. The second-order valence-corrected chi connectivity index (χ2v) is 3.19. The van der Waals surface area contributed by atoms with Crippen LogP contribution in [0.15, 0.2) is 22.9 Å². The van der Waals surface area contributed by atoms with E-state index >= 15 is 0 Å². The van der Waals surface area contributed by atoms with E-state index in [-0.39, 0.29) is 6.42 Å². The lowest BCUT2D eigenvalue weighted by Crippen LogP contribution is -1.97. The Labute approximate surface area is 78.6 Å². The van der Waals surface area contributed by atoms with Crippen LogP contribution < -0.4 is 0 Å². The average molecular weight is 230 g/mol. The SMILES string of the molecule is O=C(O)CCc1ccnc(Br)c1. The molecule has 1 aromatic rings. The summed E-state index contributed by atoms with van der Waals surface area (Å²) in [5, 5.41) is 8.42. The Morgan fingerprint density at radius 1 is 1.67 bits per heavy atom. The fourth-order valence-electron chi connectivity index (χ4n) is 0.849. The molecule has 0 bridgehead atoms. The molecular formula is C8H8BrNO2. The number of carboxylic acid groups (broad SMARTS) is 1. The molecule has 0 fully saturated rings. The third kappa shape index (κ3) is 3.00. The summed E-state index contributed by atoms with van der Waals surface area (Å²) >= 11 is 3.21. The van der Waals surface area contributed by atoms with Gasteiger partial charge < -0.3 is 5.11 Å². The van der Waals surface area contributed by atoms with Crippen LogP contribution in [0, 0.1) is 0 Å². The second-order valence-electron chi connectivity index (χ2n) is 2.38. The highest BCUT2D eigenvalue weighted by atomic mass is 79.9. The molecule has 0 atom stereocenters. The van der Waals surface area contributed by atoms with Crippen molar-refractivity contribution in [2.45, 2.75) is 12.8 Å². The predicted molar refractivity (Wildman–Crippen MR) is 47.9 cm³/mol. The van der Waals surface area contributed by atoms with Crippen LogP contribution in [-0.2, 0) is 11.2 Å². The van der Waals surface area contributed by atoms with Gasteiger partial charge in [-0.3, -0.25) is 4.79 Å². The zero-order valence-corrected chi connectivity index (χ0v) is 7.91.